The van der Waals surface area contributed by atoms with Gasteiger partial charge < -0.3 is 0 Å². The molecule has 0 spiro atoms. The van der Waals surface area contributed by atoms with Crippen molar-refractivity contribution < 1.29 is 0 Å². The summed E-state index contributed by atoms with van der Waals surface area (Å²) in [7, 11) is 0. The summed E-state index contributed by atoms with van der Waals surface area (Å²) in [4.78, 5) is 0. The van der Waals surface area contributed by atoms with Gasteiger partial charge in [-0.3, -0.25) is 10.8 Å². The molecular weight excluding hydrogens is 136 g/mol. The fraction of sp³-hybridized carbons (Fsp3) is 0.333. The normalized spacial score (nSPS) is 11.1. The molecule has 0 amide bonds. The zero-order valence-corrected chi connectivity index (χ0v) is 7.02. The molecule has 0 atom stereocenters. The quantitative estimate of drug-likeness (QED) is 0.579. The van der Waals surface area contributed by atoms with Crippen LogP contribution in [-0.4, -0.2) is 11.4 Å². The Morgan fingerprint density at radius 3 is 2.18 bits per heavy atom. The van der Waals surface area contributed by atoms with Crippen LogP contribution >= 0.6 is 0 Å². The van der Waals surface area contributed by atoms with E-state index in [0.717, 1.165) is 6.42 Å². The van der Waals surface area contributed by atoms with Gasteiger partial charge >= 0.3 is 0 Å². The molecule has 0 heterocycles. The van der Waals surface area contributed by atoms with Crippen LogP contribution in [0.15, 0.2) is 24.3 Å². The van der Waals surface area contributed by atoms with E-state index in [1.807, 2.05) is 19.9 Å². The molecule has 60 valence electrons. The SMILES string of the molecule is C/C=C\C(=N)C(=N)/C=C\CC. The van der Waals surface area contributed by atoms with Crippen LogP contribution in [0.3, 0.4) is 0 Å². The van der Waals surface area contributed by atoms with Crippen molar-refractivity contribution in [1.82, 2.24) is 0 Å². The minimum absolute atomic E-state index is 0.261. The molecule has 0 aliphatic carbocycles. The Labute approximate surface area is 67.7 Å². The maximum absolute atomic E-state index is 7.34. The second kappa shape index (κ2) is 5.59. The summed E-state index contributed by atoms with van der Waals surface area (Å²) >= 11 is 0. The van der Waals surface area contributed by atoms with Crippen LogP contribution in [0.1, 0.15) is 20.3 Å². The van der Waals surface area contributed by atoms with Crippen LogP contribution in [0.5, 0.6) is 0 Å². The van der Waals surface area contributed by atoms with Crippen LogP contribution in [0.4, 0.5) is 0 Å². The van der Waals surface area contributed by atoms with E-state index >= 15 is 0 Å². The molecule has 0 aromatic heterocycles. The van der Waals surface area contributed by atoms with Crippen molar-refractivity contribution in [3.8, 4) is 0 Å². The summed E-state index contributed by atoms with van der Waals surface area (Å²) in [6.07, 6.45) is 7.81. The lowest BCUT2D eigenvalue weighted by Gasteiger charge is -1.92. The van der Waals surface area contributed by atoms with Gasteiger partial charge in [-0.05, 0) is 25.5 Å². The largest absolute Gasteiger partial charge is 0.299 e. The number of rotatable bonds is 4. The standard InChI is InChI=1S/C9H14N2/c1-3-5-7-9(11)8(10)6-4-2/h4-7,10-11H,3H2,1-2H3/b6-4-,7-5-,10-8?,11-9?. The van der Waals surface area contributed by atoms with Crippen LogP contribution in [0.2, 0.25) is 0 Å². The van der Waals surface area contributed by atoms with Gasteiger partial charge in [-0.1, -0.05) is 19.1 Å². The molecule has 2 heteroatoms. The summed E-state index contributed by atoms with van der Waals surface area (Å²) < 4.78 is 0. The Morgan fingerprint density at radius 2 is 1.73 bits per heavy atom. The molecule has 2 nitrogen and oxygen atoms in total. The molecule has 0 aromatic carbocycles. The molecule has 0 aliphatic heterocycles. The predicted molar refractivity (Wildman–Crippen MR) is 49.7 cm³/mol. The maximum Gasteiger partial charge on any atom is 0.0785 e. The van der Waals surface area contributed by atoms with E-state index in [-0.39, 0.29) is 11.4 Å². The van der Waals surface area contributed by atoms with Gasteiger partial charge in [0.05, 0.1) is 11.4 Å². The van der Waals surface area contributed by atoms with Gasteiger partial charge in [-0.2, -0.15) is 0 Å². The average Bonchev–Trinajstić information content (AvgIpc) is 2.00. The van der Waals surface area contributed by atoms with Crippen molar-refractivity contribution in [3.05, 3.63) is 24.3 Å². The molecule has 2 N–H and O–H groups in total. The highest BCUT2D eigenvalue weighted by Gasteiger charge is 1.93. The number of nitrogens with one attached hydrogen (secondary N) is 2. The fourth-order valence-corrected chi connectivity index (χ4v) is 0.582. The van der Waals surface area contributed by atoms with E-state index in [1.165, 1.54) is 0 Å². The highest BCUT2D eigenvalue weighted by atomic mass is 14.5. The van der Waals surface area contributed by atoms with E-state index in [0.29, 0.717) is 0 Å². The van der Waals surface area contributed by atoms with Crippen molar-refractivity contribution in [1.29, 1.82) is 10.8 Å². The zero-order valence-electron chi connectivity index (χ0n) is 7.02. The second-order valence-electron chi connectivity index (χ2n) is 2.14. The van der Waals surface area contributed by atoms with Crippen molar-refractivity contribution in [2.45, 2.75) is 20.3 Å². The molecule has 0 saturated heterocycles. The molecule has 0 rings (SSSR count). The molecule has 0 aromatic rings. The highest BCUT2D eigenvalue weighted by Crippen LogP contribution is 1.87. The monoisotopic (exact) mass is 150 g/mol. The molecule has 0 aliphatic rings. The molecule has 0 radical (unpaired) electrons. The van der Waals surface area contributed by atoms with E-state index < -0.39 is 0 Å². The first kappa shape index (κ1) is 9.82. The van der Waals surface area contributed by atoms with Gasteiger partial charge in [0, 0.05) is 0 Å². The number of hydrogen-bond donors (Lipinski definition) is 2. The summed E-state index contributed by atoms with van der Waals surface area (Å²) in [5.74, 6) is 0. The van der Waals surface area contributed by atoms with Crippen LogP contribution in [-0.2, 0) is 0 Å². The highest BCUT2D eigenvalue weighted by molar-refractivity contribution is 6.48. The molecule has 0 bridgehead atoms. The van der Waals surface area contributed by atoms with Gasteiger partial charge in [-0.15, -0.1) is 0 Å². The summed E-state index contributed by atoms with van der Waals surface area (Å²) in [5.41, 5.74) is 0.530. The van der Waals surface area contributed by atoms with Gasteiger partial charge in [-0.25, -0.2) is 0 Å². The third-order valence-corrected chi connectivity index (χ3v) is 1.14. The van der Waals surface area contributed by atoms with Gasteiger partial charge in [0.1, 0.15) is 0 Å². The van der Waals surface area contributed by atoms with Gasteiger partial charge in [0.2, 0.25) is 0 Å². The van der Waals surface area contributed by atoms with Crippen molar-refractivity contribution in [2.24, 2.45) is 0 Å². The van der Waals surface area contributed by atoms with Crippen LogP contribution < -0.4 is 0 Å². The maximum atomic E-state index is 7.34. The minimum Gasteiger partial charge on any atom is -0.299 e. The Bertz CT molecular complexity index is 200. The van der Waals surface area contributed by atoms with Gasteiger partial charge in [0.15, 0.2) is 0 Å². The predicted octanol–water partition coefficient (Wildman–Crippen LogP) is 2.57. The lowest BCUT2D eigenvalue weighted by molar-refractivity contribution is 1.23. The van der Waals surface area contributed by atoms with Crippen LogP contribution in [0.25, 0.3) is 0 Å². The first-order valence-electron chi connectivity index (χ1n) is 3.69. The summed E-state index contributed by atoms with van der Waals surface area (Å²) in [6.45, 7) is 3.84. The summed E-state index contributed by atoms with van der Waals surface area (Å²) in [5, 5.41) is 14.6. The molecule has 0 fully saturated rings. The molecular formula is C9H14N2. The number of hydrogen-bond acceptors (Lipinski definition) is 2. The minimum atomic E-state index is 0.261. The first-order chi connectivity index (χ1) is 5.22. The second-order valence-corrected chi connectivity index (χ2v) is 2.14. The zero-order chi connectivity index (χ0) is 8.69. The lowest BCUT2D eigenvalue weighted by Crippen LogP contribution is -2.04. The Morgan fingerprint density at radius 1 is 1.18 bits per heavy atom. The van der Waals surface area contributed by atoms with Gasteiger partial charge in [0.25, 0.3) is 0 Å². The van der Waals surface area contributed by atoms with E-state index in [9.17, 15) is 0 Å². The Kier molecular flexibility index (Phi) is 4.99. The topological polar surface area (TPSA) is 47.7 Å². The van der Waals surface area contributed by atoms with Crippen molar-refractivity contribution in [3.63, 3.8) is 0 Å². The molecule has 0 saturated carbocycles. The third kappa shape index (κ3) is 4.25. The molecule has 11 heavy (non-hydrogen) atoms. The van der Waals surface area contributed by atoms with Crippen molar-refractivity contribution in [2.75, 3.05) is 0 Å². The lowest BCUT2D eigenvalue weighted by atomic mass is 10.2. The first-order valence-corrected chi connectivity index (χ1v) is 3.69. The third-order valence-electron chi connectivity index (χ3n) is 1.14. The molecule has 0 unspecified atom stereocenters. The van der Waals surface area contributed by atoms with E-state index in [1.54, 1.807) is 18.2 Å². The van der Waals surface area contributed by atoms with Crippen molar-refractivity contribution >= 4 is 11.4 Å². The Balaban J connectivity index is 4.04. The van der Waals surface area contributed by atoms with E-state index in [2.05, 4.69) is 0 Å². The number of allylic oxidation sites excluding steroid dienone is 4. The van der Waals surface area contributed by atoms with E-state index in [4.69, 9.17) is 10.8 Å². The summed E-state index contributed by atoms with van der Waals surface area (Å²) in [6, 6.07) is 0. The van der Waals surface area contributed by atoms with Crippen LogP contribution in [0, 0.1) is 10.8 Å². The Hall–Kier alpha value is -1.18. The smallest absolute Gasteiger partial charge is 0.0785 e. The fourth-order valence-electron chi connectivity index (χ4n) is 0.582. The average molecular weight is 150 g/mol.